The lowest BCUT2D eigenvalue weighted by Gasteiger charge is -2.22. The number of furan rings is 1. The number of rotatable bonds is 6. The first kappa shape index (κ1) is 25.0. The molecular formula is C27H21F4N3O5. The fraction of sp³-hybridized carbons (Fsp3) is 0.296. The normalized spacial score (nSPS) is 15.9. The van der Waals surface area contributed by atoms with E-state index >= 15 is 0 Å². The molecule has 0 saturated heterocycles. The van der Waals surface area contributed by atoms with E-state index in [-0.39, 0.29) is 51.9 Å². The fourth-order valence-corrected chi connectivity index (χ4v) is 4.80. The van der Waals surface area contributed by atoms with Crippen LogP contribution in [0.15, 0.2) is 51.7 Å². The van der Waals surface area contributed by atoms with Gasteiger partial charge in [0, 0.05) is 35.8 Å². The number of alkyl halides is 2. The molecule has 1 amide bonds. The quantitative estimate of drug-likeness (QED) is 0.295. The second-order valence-corrected chi connectivity index (χ2v) is 9.43. The predicted molar refractivity (Wildman–Crippen MR) is 131 cm³/mol. The molecule has 4 aromatic rings. The topological polar surface area (TPSA) is 86.8 Å². The third-order valence-corrected chi connectivity index (χ3v) is 6.89. The van der Waals surface area contributed by atoms with Crippen molar-refractivity contribution in [3.05, 3.63) is 70.2 Å². The van der Waals surface area contributed by atoms with Gasteiger partial charge in [0.2, 0.25) is 5.91 Å². The molecule has 3 heterocycles. The van der Waals surface area contributed by atoms with Crippen molar-refractivity contribution >= 4 is 22.6 Å². The van der Waals surface area contributed by atoms with E-state index in [9.17, 15) is 27.2 Å². The highest BCUT2D eigenvalue weighted by Gasteiger charge is 2.43. The average Bonchev–Trinajstić information content (AvgIpc) is 3.39. The highest BCUT2D eigenvalue weighted by Crippen LogP contribution is 2.43. The molecule has 0 atom stereocenters. The van der Waals surface area contributed by atoms with Gasteiger partial charge in [0.05, 0.1) is 5.39 Å². The highest BCUT2D eigenvalue weighted by molar-refractivity contribution is 5.94. The summed E-state index contributed by atoms with van der Waals surface area (Å²) in [6, 6.07) is 8.33. The van der Waals surface area contributed by atoms with Crippen molar-refractivity contribution in [2.75, 3.05) is 11.4 Å². The molecule has 39 heavy (non-hydrogen) atoms. The molecule has 1 aliphatic heterocycles. The van der Waals surface area contributed by atoms with Crippen LogP contribution < -0.4 is 19.9 Å². The Morgan fingerprint density at radius 2 is 1.79 bits per heavy atom. The van der Waals surface area contributed by atoms with Gasteiger partial charge in [0.15, 0.2) is 17.1 Å². The van der Waals surface area contributed by atoms with Crippen molar-refractivity contribution in [3.63, 3.8) is 0 Å². The standard InChI is InChI=1S/C27H21F4N3O5/c1-2-33(18-6-7-20-22(11-18)39-27(30,31)38-20)23(35)13-34-26(36)19-12-21(14-4-3-5-14)37-25(19)24(32-34)15-8-16(28)10-17(29)9-15/h6-12,14H,2-5,13H2,1H3. The molecule has 2 aromatic carbocycles. The summed E-state index contributed by atoms with van der Waals surface area (Å²) < 4.78 is 70.8. The molecule has 2 aromatic heterocycles. The van der Waals surface area contributed by atoms with Gasteiger partial charge >= 0.3 is 6.29 Å². The number of nitrogens with zero attached hydrogens (tertiary/aromatic N) is 3. The molecule has 8 nitrogen and oxygen atoms in total. The lowest BCUT2D eigenvalue weighted by molar-refractivity contribution is -0.286. The van der Waals surface area contributed by atoms with Crippen LogP contribution >= 0.6 is 0 Å². The highest BCUT2D eigenvalue weighted by atomic mass is 19.3. The van der Waals surface area contributed by atoms with Gasteiger partial charge in [0.1, 0.15) is 29.6 Å². The van der Waals surface area contributed by atoms with Crippen LogP contribution in [0, 0.1) is 11.6 Å². The number of amides is 1. The first-order valence-electron chi connectivity index (χ1n) is 12.3. The van der Waals surface area contributed by atoms with Crippen LogP contribution in [-0.4, -0.2) is 28.5 Å². The van der Waals surface area contributed by atoms with Crippen LogP contribution in [-0.2, 0) is 11.3 Å². The van der Waals surface area contributed by atoms with Gasteiger partial charge < -0.3 is 18.8 Å². The number of likely N-dealkylation sites (N-methyl/N-ethyl adjacent to an activating group) is 1. The zero-order valence-electron chi connectivity index (χ0n) is 20.5. The number of ether oxygens (including phenoxy) is 2. The molecule has 0 bridgehead atoms. The fourth-order valence-electron chi connectivity index (χ4n) is 4.80. The Hall–Kier alpha value is -4.35. The van der Waals surface area contributed by atoms with Crippen LogP contribution in [0.4, 0.5) is 23.2 Å². The maximum atomic E-state index is 14.1. The third-order valence-electron chi connectivity index (χ3n) is 6.89. The zero-order valence-corrected chi connectivity index (χ0v) is 20.5. The number of hydrogen-bond acceptors (Lipinski definition) is 6. The summed E-state index contributed by atoms with van der Waals surface area (Å²) in [6.07, 6.45) is -1.02. The van der Waals surface area contributed by atoms with E-state index in [1.165, 1.54) is 23.1 Å². The van der Waals surface area contributed by atoms with Crippen LogP contribution in [0.25, 0.3) is 22.2 Å². The largest absolute Gasteiger partial charge is 0.586 e. The number of benzene rings is 2. The van der Waals surface area contributed by atoms with Crippen LogP contribution in [0.5, 0.6) is 11.5 Å². The van der Waals surface area contributed by atoms with E-state index in [0.29, 0.717) is 11.8 Å². The molecule has 0 N–H and O–H groups in total. The molecule has 2 aliphatic rings. The third kappa shape index (κ3) is 4.49. The van der Waals surface area contributed by atoms with Crippen molar-refractivity contribution in [3.8, 4) is 22.8 Å². The summed E-state index contributed by atoms with van der Waals surface area (Å²) in [5.74, 6) is -1.99. The van der Waals surface area contributed by atoms with Crippen molar-refractivity contribution in [2.45, 2.75) is 44.9 Å². The van der Waals surface area contributed by atoms with Gasteiger partial charge in [-0.15, -0.1) is 8.78 Å². The van der Waals surface area contributed by atoms with Crippen LogP contribution in [0.1, 0.15) is 37.9 Å². The molecule has 0 spiro atoms. The molecule has 12 heteroatoms. The Labute approximate surface area is 218 Å². The van der Waals surface area contributed by atoms with Gasteiger partial charge in [-0.3, -0.25) is 9.59 Å². The van der Waals surface area contributed by atoms with Crippen LogP contribution in [0.3, 0.4) is 0 Å². The SMILES string of the molecule is CCN(C(=O)Cn1nc(-c2cc(F)cc(F)c2)c2oc(C3CCC3)cc2c1=O)c1ccc2c(c1)OC(F)(F)O2. The van der Waals surface area contributed by atoms with Gasteiger partial charge in [0.25, 0.3) is 5.56 Å². The second kappa shape index (κ2) is 9.14. The van der Waals surface area contributed by atoms with E-state index in [4.69, 9.17) is 4.42 Å². The van der Waals surface area contributed by atoms with E-state index in [1.54, 1.807) is 13.0 Å². The molecule has 1 aliphatic carbocycles. The number of hydrogen-bond donors (Lipinski definition) is 0. The molecular weight excluding hydrogens is 522 g/mol. The van der Waals surface area contributed by atoms with E-state index in [2.05, 4.69) is 14.6 Å². The Bertz CT molecular complexity index is 1660. The lowest BCUT2D eigenvalue weighted by atomic mass is 9.83. The van der Waals surface area contributed by atoms with Gasteiger partial charge in [-0.2, -0.15) is 5.10 Å². The Morgan fingerprint density at radius 3 is 2.46 bits per heavy atom. The first-order chi connectivity index (χ1) is 18.6. The van der Waals surface area contributed by atoms with Gasteiger partial charge in [-0.05, 0) is 50.1 Å². The first-order valence-corrected chi connectivity index (χ1v) is 12.3. The van der Waals surface area contributed by atoms with Crippen molar-refractivity contribution in [1.29, 1.82) is 0 Å². The second-order valence-electron chi connectivity index (χ2n) is 9.43. The average molecular weight is 543 g/mol. The summed E-state index contributed by atoms with van der Waals surface area (Å²) in [4.78, 5) is 28.0. The van der Waals surface area contributed by atoms with Crippen molar-refractivity contribution in [2.24, 2.45) is 0 Å². The molecule has 6 rings (SSSR count). The van der Waals surface area contributed by atoms with Crippen LogP contribution in [0.2, 0.25) is 0 Å². The van der Waals surface area contributed by atoms with Crippen molar-refractivity contribution < 1.29 is 36.2 Å². The monoisotopic (exact) mass is 543 g/mol. The molecule has 0 unspecified atom stereocenters. The molecule has 1 fully saturated rings. The van der Waals surface area contributed by atoms with Gasteiger partial charge in [-0.1, -0.05) is 6.42 Å². The number of halogens is 4. The molecule has 202 valence electrons. The minimum Gasteiger partial charge on any atom is -0.458 e. The summed E-state index contributed by atoms with van der Waals surface area (Å²) >= 11 is 0. The lowest BCUT2D eigenvalue weighted by Crippen LogP contribution is -2.37. The summed E-state index contributed by atoms with van der Waals surface area (Å²) in [5, 5.41) is 4.41. The number of anilines is 1. The Morgan fingerprint density at radius 1 is 1.08 bits per heavy atom. The molecule has 0 radical (unpaired) electrons. The van der Waals surface area contributed by atoms with E-state index in [0.717, 1.165) is 36.1 Å². The van der Waals surface area contributed by atoms with Crippen molar-refractivity contribution in [1.82, 2.24) is 9.78 Å². The van der Waals surface area contributed by atoms with E-state index < -0.39 is 35.9 Å². The number of carbonyl (C=O) groups is 1. The number of fused-ring (bicyclic) bond motifs is 2. The summed E-state index contributed by atoms with van der Waals surface area (Å²) in [6.45, 7) is 1.26. The zero-order chi connectivity index (χ0) is 27.5. The Kier molecular flexibility index (Phi) is 5.85. The minimum atomic E-state index is -3.82. The Balaban J connectivity index is 1.40. The number of carbonyl (C=O) groups excluding carboxylic acids is 1. The summed E-state index contributed by atoms with van der Waals surface area (Å²) in [5.41, 5.74) is -0.249. The van der Waals surface area contributed by atoms with E-state index in [1.807, 2.05) is 0 Å². The van der Waals surface area contributed by atoms with Gasteiger partial charge in [-0.25, -0.2) is 13.5 Å². The maximum Gasteiger partial charge on any atom is 0.586 e. The molecule has 1 saturated carbocycles. The smallest absolute Gasteiger partial charge is 0.458 e. The minimum absolute atomic E-state index is 0.00901. The number of aromatic nitrogens is 2. The summed E-state index contributed by atoms with van der Waals surface area (Å²) in [7, 11) is 0. The predicted octanol–water partition coefficient (Wildman–Crippen LogP) is 5.58. The maximum absolute atomic E-state index is 14.1.